The van der Waals surface area contributed by atoms with Crippen molar-refractivity contribution < 1.29 is 9.59 Å². The first kappa shape index (κ1) is 16.0. The molecule has 7 heteroatoms. The van der Waals surface area contributed by atoms with E-state index in [0.29, 0.717) is 11.6 Å². The van der Waals surface area contributed by atoms with Crippen molar-refractivity contribution in [3.8, 4) is 0 Å². The fourth-order valence-corrected chi connectivity index (χ4v) is 3.64. The van der Waals surface area contributed by atoms with Gasteiger partial charge in [-0.1, -0.05) is 23.7 Å². The molecule has 0 unspecified atom stereocenters. The molecule has 2 heterocycles. The zero-order chi connectivity index (χ0) is 16.4. The number of nitrogens with one attached hydrogen (secondary N) is 1. The van der Waals surface area contributed by atoms with E-state index in [-0.39, 0.29) is 24.3 Å². The molecule has 0 bridgehead atoms. The molecule has 0 radical (unpaired) electrons. The van der Waals surface area contributed by atoms with Gasteiger partial charge in [0.1, 0.15) is 0 Å². The number of thiazole rings is 1. The normalized spacial score (nSPS) is 20.8. The van der Waals surface area contributed by atoms with Gasteiger partial charge in [-0.25, -0.2) is 4.98 Å². The van der Waals surface area contributed by atoms with Gasteiger partial charge >= 0.3 is 0 Å². The van der Waals surface area contributed by atoms with Crippen LogP contribution in [0.25, 0.3) is 0 Å². The van der Waals surface area contributed by atoms with Crippen LogP contribution in [0.4, 0.5) is 0 Å². The summed E-state index contributed by atoms with van der Waals surface area (Å²) in [6, 6.07) is 7.02. The van der Waals surface area contributed by atoms with E-state index in [4.69, 9.17) is 11.6 Å². The number of likely N-dealkylation sites (tertiary alicyclic amines) is 1. The molecule has 3 rings (SSSR count). The van der Waals surface area contributed by atoms with Crippen LogP contribution in [0.5, 0.6) is 0 Å². The Hall–Kier alpha value is -1.92. The van der Waals surface area contributed by atoms with Gasteiger partial charge < -0.3 is 10.2 Å². The first-order valence-corrected chi connectivity index (χ1v) is 8.54. The van der Waals surface area contributed by atoms with Crippen LogP contribution in [0, 0.1) is 5.92 Å². The van der Waals surface area contributed by atoms with Crippen molar-refractivity contribution in [2.45, 2.75) is 19.0 Å². The minimum Gasteiger partial charge on any atom is -0.350 e. The maximum absolute atomic E-state index is 12.6. The van der Waals surface area contributed by atoms with Gasteiger partial charge in [-0.15, -0.1) is 11.3 Å². The molecule has 1 aromatic heterocycles. The highest BCUT2D eigenvalue weighted by molar-refractivity contribution is 7.07. The van der Waals surface area contributed by atoms with Crippen molar-refractivity contribution in [2.24, 2.45) is 5.92 Å². The predicted octanol–water partition coefficient (Wildman–Crippen LogP) is 2.63. The summed E-state index contributed by atoms with van der Waals surface area (Å²) in [5.41, 5.74) is 3.42. The number of hydrogen-bond acceptors (Lipinski definition) is 4. The van der Waals surface area contributed by atoms with Gasteiger partial charge in [-0.05, 0) is 17.7 Å². The first-order chi connectivity index (χ1) is 11.1. The molecule has 2 aromatic rings. The van der Waals surface area contributed by atoms with Gasteiger partial charge in [0.2, 0.25) is 11.8 Å². The summed E-state index contributed by atoms with van der Waals surface area (Å²) < 4.78 is 0. The van der Waals surface area contributed by atoms with E-state index in [1.54, 1.807) is 23.5 Å². The van der Waals surface area contributed by atoms with Crippen LogP contribution in [-0.4, -0.2) is 28.7 Å². The Bertz CT molecular complexity index is 720. The maximum Gasteiger partial charge on any atom is 0.226 e. The first-order valence-electron chi connectivity index (χ1n) is 7.22. The number of nitrogens with zero attached hydrogens (tertiary/aromatic N) is 2. The molecule has 0 spiro atoms. The zero-order valence-electron chi connectivity index (χ0n) is 12.5. The van der Waals surface area contributed by atoms with Crippen LogP contribution in [0.2, 0.25) is 5.02 Å². The third-order valence-corrected chi connectivity index (χ3v) is 4.91. The summed E-state index contributed by atoms with van der Waals surface area (Å²) in [5, 5.41) is 5.36. The van der Waals surface area contributed by atoms with Crippen molar-refractivity contribution in [1.82, 2.24) is 15.2 Å². The molecule has 0 saturated carbocycles. The molecular weight excluding hydrogens is 334 g/mol. The Labute approximate surface area is 143 Å². The van der Waals surface area contributed by atoms with Gasteiger partial charge in [0.15, 0.2) is 0 Å². The van der Waals surface area contributed by atoms with Crippen molar-refractivity contribution in [2.75, 3.05) is 7.05 Å². The largest absolute Gasteiger partial charge is 0.350 e. The van der Waals surface area contributed by atoms with Crippen molar-refractivity contribution >= 4 is 34.8 Å². The minimum absolute atomic E-state index is 0.0382. The third-order valence-electron chi connectivity index (χ3n) is 4.04. The lowest BCUT2D eigenvalue weighted by atomic mass is 9.93. The number of aromatic nitrogens is 1. The highest BCUT2D eigenvalue weighted by Crippen LogP contribution is 2.37. The van der Waals surface area contributed by atoms with Crippen molar-refractivity contribution in [1.29, 1.82) is 0 Å². The second-order valence-electron chi connectivity index (χ2n) is 5.51. The lowest BCUT2D eigenvalue weighted by Gasteiger charge is -2.25. The summed E-state index contributed by atoms with van der Waals surface area (Å²) >= 11 is 7.54. The lowest BCUT2D eigenvalue weighted by molar-refractivity contribution is -0.128. The summed E-state index contributed by atoms with van der Waals surface area (Å²) in [6.45, 7) is 0.374. The Morgan fingerprint density at radius 3 is 3.04 bits per heavy atom. The molecule has 2 amide bonds. The predicted molar refractivity (Wildman–Crippen MR) is 89.0 cm³/mol. The second kappa shape index (κ2) is 6.68. The van der Waals surface area contributed by atoms with Crippen LogP contribution in [0.1, 0.15) is 23.7 Å². The average Bonchev–Trinajstić information content (AvgIpc) is 3.14. The Morgan fingerprint density at radius 1 is 1.52 bits per heavy atom. The van der Waals surface area contributed by atoms with E-state index in [1.165, 1.54) is 11.3 Å². The number of hydrogen-bond donors (Lipinski definition) is 1. The van der Waals surface area contributed by atoms with Crippen LogP contribution >= 0.6 is 22.9 Å². The van der Waals surface area contributed by atoms with Crippen LogP contribution in [0.3, 0.4) is 0 Å². The van der Waals surface area contributed by atoms with Crippen LogP contribution in [0.15, 0.2) is 35.2 Å². The monoisotopic (exact) mass is 349 g/mol. The zero-order valence-corrected chi connectivity index (χ0v) is 14.1. The summed E-state index contributed by atoms with van der Waals surface area (Å²) in [4.78, 5) is 30.4. The van der Waals surface area contributed by atoms with Gasteiger partial charge in [0.05, 0.1) is 29.7 Å². The third kappa shape index (κ3) is 3.38. The average molecular weight is 350 g/mol. The van der Waals surface area contributed by atoms with Gasteiger partial charge in [0, 0.05) is 23.9 Å². The number of carbonyl (C=O) groups excluding carboxylic acids is 2. The smallest absolute Gasteiger partial charge is 0.226 e. The number of carbonyl (C=O) groups is 2. The Morgan fingerprint density at radius 2 is 2.35 bits per heavy atom. The van der Waals surface area contributed by atoms with Gasteiger partial charge in [-0.3, -0.25) is 9.59 Å². The van der Waals surface area contributed by atoms with E-state index < -0.39 is 5.92 Å². The molecule has 23 heavy (non-hydrogen) atoms. The highest BCUT2D eigenvalue weighted by atomic mass is 35.5. The summed E-state index contributed by atoms with van der Waals surface area (Å²) in [6.07, 6.45) is 0.205. The maximum atomic E-state index is 12.6. The standard InChI is InChI=1S/C16H16ClN3O2S/c1-20-14(21)6-13(15(20)10-3-2-4-11(17)5-10)16(22)18-7-12-8-23-9-19-12/h2-5,8-9,13,15H,6-7H2,1H3,(H,18,22)/t13-,15-/m1/s1. The Balaban J connectivity index is 1.78. The van der Waals surface area contributed by atoms with E-state index in [2.05, 4.69) is 10.3 Å². The molecule has 2 atom stereocenters. The van der Waals surface area contributed by atoms with E-state index in [1.807, 2.05) is 23.6 Å². The van der Waals surface area contributed by atoms with Crippen LogP contribution < -0.4 is 5.32 Å². The Kier molecular flexibility index (Phi) is 4.63. The number of halogens is 1. The van der Waals surface area contributed by atoms with Crippen molar-refractivity contribution in [3.63, 3.8) is 0 Å². The number of benzene rings is 1. The summed E-state index contributed by atoms with van der Waals surface area (Å²) in [7, 11) is 1.72. The van der Waals surface area contributed by atoms with Crippen molar-refractivity contribution in [3.05, 3.63) is 51.4 Å². The van der Waals surface area contributed by atoms with Crippen LogP contribution in [-0.2, 0) is 16.1 Å². The molecule has 5 nitrogen and oxygen atoms in total. The molecule has 1 saturated heterocycles. The minimum atomic E-state index is -0.426. The molecule has 1 aliphatic heterocycles. The molecule has 1 aliphatic rings. The highest BCUT2D eigenvalue weighted by Gasteiger charge is 2.42. The van der Waals surface area contributed by atoms with Gasteiger partial charge in [-0.2, -0.15) is 0 Å². The molecular formula is C16H16ClN3O2S. The SMILES string of the molecule is CN1C(=O)C[C@@H](C(=O)NCc2cscn2)[C@H]1c1cccc(Cl)c1. The molecule has 1 N–H and O–H groups in total. The topological polar surface area (TPSA) is 62.3 Å². The quantitative estimate of drug-likeness (QED) is 0.923. The lowest BCUT2D eigenvalue weighted by Crippen LogP contribution is -2.34. The molecule has 0 aliphatic carbocycles. The van der Waals surface area contributed by atoms with E-state index >= 15 is 0 Å². The van der Waals surface area contributed by atoms with E-state index in [0.717, 1.165) is 11.3 Å². The van der Waals surface area contributed by atoms with Gasteiger partial charge in [0.25, 0.3) is 0 Å². The summed E-state index contributed by atoms with van der Waals surface area (Å²) in [5.74, 6) is -0.603. The molecule has 120 valence electrons. The second-order valence-corrected chi connectivity index (χ2v) is 6.67. The fraction of sp³-hybridized carbons (Fsp3) is 0.312. The fourth-order valence-electron chi connectivity index (χ4n) is 2.88. The molecule has 1 aromatic carbocycles. The number of amides is 2. The van der Waals surface area contributed by atoms with E-state index in [9.17, 15) is 9.59 Å². The number of rotatable bonds is 4. The molecule has 1 fully saturated rings.